The van der Waals surface area contributed by atoms with Gasteiger partial charge in [-0.1, -0.05) is 13.3 Å². The fourth-order valence-electron chi connectivity index (χ4n) is 4.67. The Labute approximate surface area is 173 Å². The van der Waals surface area contributed by atoms with Crippen LogP contribution in [0.25, 0.3) is 0 Å². The number of hydrogen-bond acceptors (Lipinski definition) is 5. The summed E-state index contributed by atoms with van der Waals surface area (Å²) >= 11 is 0. The molecule has 4 rings (SSSR count). The van der Waals surface area contributed by atoms with Gasteiger partial charge in [0, 0.05) is 37.9 Å². The molecule has 3 fully saturated rings. The molecule has 2 aliphatic heterocycles. The molecule has 1 aromatic heterocycles. The zero-order valence-electron chi connectivity index (χ0n) is 17.5. The van der Waals surface area contributed by atoms with Crippen LogP contribution in [0.1, 0.15) is 67.9 Å². The van der Waals surface area contributed by atoms with E-state index >= 15 is 0 Å². The number of carbonyl (C=O) groups excluding carboxylic acids is 2. The van der Waals surface area contributed by atoms with Crippen molar-refractivity contribution in [2.75, 3.05) is 26.2 Å². The van der Waals surface area contributed by atoms with Crippen LogP contribution < -0.4 is 5.32 Å². The van der Waals surface area contributed by atoms with E-state index in [1.165, 1.54) is 6.33 Å². The third-order valence-corrected chi connectivity index (χ3v) is 6.53. The van der Waals surface area contributed by atoms with Gasteiger partial charge < -0.3 is 10.2 Å². The molecule has 0 spiro atoms. The fourth-order valence-corrected chi connectivity index (χ4v) is 4.67. The Bertz CT molecular complexity index is 728. The number of aryl methyl sites for hydroxylation is 1. The summed E-state index contributed by atoms with van der Waals surface area (Å²) in [6, 6.07) is 0.907. The topological polar surface area (TPSA) is 78.4 Å². The summed E-state index contributed by atoms with van der Waals surface area (Å²) in [6.07, 6.45) is 11.3. The number of rotatable bonds is 6. The zero-order chi connectivity index (χ0) is 20.2. The number of hydrogen-bond donors (Lipinski definition) is 1. The molecule has 0 unspecified atom stereocenters. The summed E-state index contributed by atoms with van der Waals surface area (Å²) in [5.74, 6) is 0.437. The maximum absolute atomic E-state index is 13.0. The van der Waals surface area contributed by atoms with Crippen molar-refractivity contribution < 1.29 is 9.59 Å². The zero-order valence-corrected chi connectivity index (χ0v) is 17.5. The molecular formula is C22H33N5O2. The van der Waals surface area contributed by atoms with Crippen molar-refractivity contribution in [3.05, 3.63) is 23.8 Å². The van der Waals surface area contributed by atoms with Gasteiger partial charge in [-0.15, -0.1) is 0 Å². The number of nitrogens with one attached hydrogen (secondary N) is 1. The van der Waals surface area contributed by atoms with Crippen molar-refractivity contribution in [1.29, 1.82) is 0 Å². The van der Waals surface area contributed by atoms with Crippen molar-refractivity contribution in [1.82, 2.24) is 25.1 Å². The lowest BCUT2D eigenvalue weighted by molar-refractivity contribution is -0.127. The van der Waals surface area contributed by atoms with E-state index in [0.29, 0.717) is 17.6 Å². The van der Waals surface area contributed by atoms with Gasteiger partial charge >= 0.3 is 0 Å². The highest BCUT2D eigenvalue weighted by molar-refractivity contribution is 5.95. The van der Waals surface area contributed by atoms with Crippen LogP contribution in [0.3, 0.4) is 0 Å². The van der Waals surface area contributed by atoms with E-state index in [-0.39, 0.29) is 17.7 Å². The van der Waals surface area contributed by atoms with Crippen LogP contribution in [-0.4, -0.2) is 69.8 Å². The van der Waals surface area contributed by atoms with E-state index in [1.807, 2.05) is 4.90 Å². The van der Waals surface area contributed by atoms with Crippen LogP contribution in [0.15, 0.2) is 12.5 Å². The highest BCUT2D eigenvalue weighted by Gasteiger charge is 2.34. The van der Waals surface area contributed by atoms with E-state index in [2.05, 4.69) is 27.1 Å². The lowest BCUT2D eigenvalue weighted by Crippen LogP contribution is -2.51. The number of carbonyl (C=O) groups is 2. The molecule has 1 atom stereocenters. The average Bonchev–Trinajstić information content (AvgIpc) is 3.58. The second-order valence-electron chi connectivity index (χ2n) is 8.77. The van der Waals surface area contributed by atoms with Gasteiger partial charge in [0.15, 0.2) is 0 Å². The molecule has 2 amide bonds. The van der Waals surface area contributed by atoms with Crippen LogP contribution in [0.2, 0.25) is 0 Å². The van der Waals surface area contributed by atoms with Crippen molar-refractivity contribution >= 4 is 11.8 Å². The monoisotopic (exact) mass is 399 g/mol. The first-order valence-electron chi connectivity index (χ1n) is 11.3. The van der Waals surface area contributed by atoms with E-state index < -0.39 is 0 Å². The van der Waals surface area contributed by atoms with Crippen molar-refractivity contribution in [2.24, 2.45) is 5.92 Å². The van der Waals surface area contributed by atoms with Gasteiger partial charge in [0.05, 0.1) is 17.2 Å². The van der Waals surface area contributed by atoms with Crippen molar-refractivity contribution in [2.45, 2.75) is 70.4 Å². The number of aromatic nitrogens is 2. The molecule has 2 saturated heterocycles. The maximum atomic E-state index is 13.0. The van der Waals surface area contributed by atoms with Crippen LogP contribution in [0, 0.1) is 5.92 Å². The molecule has 7 heteroatoms. The highest BCUT2D eigenvalue weighted by atomic mass is 16.2. The summed E-state index contributed by atoms with van der Waals surface area (Å²) in [4.78, 5) is 38.3. The lowest BCUT2D eigenvalue weighted by atomic mass is 9.93. The fraction of sp³-hybridized carbons (Fsp3) is 0.727. The molecule has 1 aliphatic carbocycles. The van der Waals surface area contributed by atoms with Gasteiger partial charge in [-0.2, -0.15) is 0 Å². The number of likely N-dealkylation sites (tertiary alicyclic amines) is 2. The van der Waals surface area contributed by atoms with E-state index in [1.54, 1.807) is 6.20 Å². The quantitative estimate of drug-likeness (QED) is 0.792. The van der Waals surface area contributed by atoms with Gasteiger partial charge in [-0.25, -0.2) is 9.97 Å². The molecule has 0 bridgehead atoms. The van der Waals surface area contributed by atoms with Gasteiger partial charge in [-0.05, 0) is 51.5 Å². The molecule has 0 radical (unpaired) electrons. The highest BCUT2D eigenvalue weighted by Crippen LogP contribution is 2.26. The molecule has 3 heterocycles. The first-order valence-corrected chi connectivity index (χ1v) is 11.3. The number of amides is 2. The molecule has 29 heavy (non-hydrogen) atoms. The van der Waals surface area contributed by atoms with E-state index in [4.69, 9.17) is 0 Å². The predicted octanol–water partition coefficient (Wildman–Crippen LogP) is 2.02. The van der Waals surface area contributed by atoms with Crippen LogP contribution in [0.4, 0.5) is 0 Å². The number of piperidine rings is 2. The summed E-state index contributed by atoms with van der Waals surface area (Å²) in [7, 11) is 0. The Balaban J connectivity index is 1.31. The minimum Gasteiger partial charge on any atom is -0.353 e. The summed E-state index contributed by atoms with van der Waals surface area (Å²) < 4.78 is 0. The average molecular weight is 400 g/mol. The maximum Gasteiger partial charge on any atom is 0.257 e. The molecule has 0 aromatic carbocycles. The third kappa shape index (κ3) is 4.94. The molecule has 3 aliphatic rings. The molecule has 1 saturated carbocycles. The predicted molar refractivity (Wildman–Crippen MR) is 110 cm³/mol. The Kier molecular flexibility index (Phi) is 6.43. The second-order valence-corrected chi connectivity index (χ2v) is 8.77. The van der Waals surface area contributed by atoms with Crippen LogP contribution in [0.5, 0.6) is 0 Å². The Morgan fingerprint density at radius 3 is 2.66 bits per heavy atom. The molecule has 158 valence electrons. The van der Waals surface area contributed by atoms with Crippen molar-refractivity contribution in [3.63, 3.8) is 0 Å². The second kappa shape index (κ2) is 9.20. The Morgan fingerprint density at radius 1 is 1.14 bits per heavy atom. The minimum atomic E-state index is 0.0628. The lowest BCUT2D eigenvalue weighted by Gasteiger charge is -2.42. The molecular weight excluding hydrogens is 366 g/mol. The first-order chi connectivity index (χ1) is 14.2. The normalized spacial score (nSPS) is 23.8. The number of nitrogens with zero attached hydrogens (tertiary/aromatic N) is 4. The third-order valence-electron chi connectivity index (χ3n) is 6.53. The molecule has 1 aromatic rings. The Morgan fingerprint density at radius 2 is 1.93 bits per heavy atom. The Hall–Kier alpha value is -2.02. The van der Waals surface area contributed by atoms with E-state index in [0.717, 1.165) is 83.2 Å². The summed E-state index contributed by atoms with van der Waals surface area (Å²) in [6.45, 7) is 5.56. The summed E-state index contributed by atoms with van der Waals surface area (Å²) in [5, 5.41) is 3.17. The smallest absolute Gasteiger partial charge is 0.257 e. The van der Waals surface area contributed by atoms with Crippen molar-refractivity contribution in [3.8, 4) is 0 Å². The minimum absolute atomic E-state index is 0.0628. The van der Waals surface area contributed by atoms with Gasteiger partial charge in [0.25, 0.3) is 5.91 Å². The SMILES string of the molecule is CCCc1ncncc1C(=O)N1CCC(N2CCC[C@H](C(=O)NC3CC3)C2)CC1. The van der Waals surface area contributed by atoms with E-state index in [9.17, 15) is 9.59 Å². The van der Waals surface area contributed by atoms with Crippen LogP contribution in [-0.2, 0) is 11.2 Å². The first kappa shape index (κ1) is 20.3. The molecule has 1 N–H and O–H groups in total. The van der Waals surface area contributed by atoms with Crippen LogP contribution >= 0.6 is 0 Å². The van der Waals surface area contributed by atoms with Gasteiger partial charge in [0.1, 0.15) is 6.33 Å². The van der Waals surface area contributed by atoms with Gasteiger partial charge in [0.2, 0.25) is 5.91 Å². The largest absolute Gasteiger partial charge is 0.353 e. The summed E-state index contributed by atoms with van der Waals surface area (Å²) in [5.41, 5.74) is 1.51. The van der Waals surface area contributed by atoms with Gasteiger partial charge in [-0.3, -0.25) is 14.5 Å². The standard InChI is InChI=1S/C22H33N5O2/c1-2-4-20-19(13-23-15-24-20)22(29)26-11-8-18(9-12-26)27-10-3-5-16(14-27)21(28)25-17-6-7-17/h13,15-18H,2-12,14H2,1H3,(H,25,28)/t16-/m0/s1. The molecule has 7 nitrogen and oxygen atoms in total.